The Bertz CT molecular complexity index is 1230. The standard InChI is InChI=1S/C28H22ClNO3/c1-3-16-30-22-7-5-4-6-21(22)28(27(30)33)23(25(31)18-10-8-17(2)9-11-18)24(28)26(32)19-12-14-20(29)15-13-19/h3-15,23-24H,1,16H2,2H3/t23-,24-,28-/m1/s1. The molecule has 164 valence electrons. The van der Waals surface area contributed by atoms with Crippen LogP contribution in [0.2, 0.25) is 5.02 Å². The molecule has 0 radical (unpaired) electrons. The Balaban J connectivity index is 1.66. The lowest BCUT2D eigenvalue weighted by atomic mass is 9.90. The lowest BCUT2D eigenvalue weighted by Crippen LogP contribution is -2.35. The van der Waals surface area contributed by atoms with Gasteiger partial charge in [0.2, 0.25) is 5.91 Å². The van der Waals surface area contributed by atoms with Gasteiger partial charge in [0, 0.05) is 28.4 Å². The Labute approximate surface area is 197 Å². The van der Waals surface area contributed by atoms with Crippen molar-refractivity contribution in [1.82, 2.24) is 0 Å². The van der Waals surface area contributed by atoms with Crippen LogP contribution in [-0.2, 0) is 10.2 Å². The molecule has 1 fully saturated rings. The number of halogens is 1. The zero-order valence-electron chi connectivity index (χ0n) is 18.1. The number of rotatable bonds is 6. The van der Waals surface area contributed by atoms with Crippen molar-refractivity contribution in [2.45, 2.75) is 12.3 Å². The Morgan fingerprint density at radius 3 is 2.06 bits per heavy atom. The lowest BCUT2D eigenvalue weighted by molar-refractivity contribution is -0.120. The van der Waals surface area contributed by atoms with Crippen LogP contribution in [-0.4, -0.2) is 24.0 Å². The summed E-state index contributed by atoms with van der Waals surface area (Å²) in [4.78, 5) is 43.0. The van der Waals surface area contributed by atoms with Crippen LogP contribution in [0.5, 0.6) is 0 Å². The largest absolute Gasteiger partial charge is 0.307 e. The Morgan fingerprint density at radius 1 is 0.939 bits per heavy atom. The van der Waals surface area contributed by atoms with Crippen molar-refractivity contribution < 1.29 is 14.4 Å². The van der Waals surface area contributed by atoms with E-state index in [4.69, 9.17) is 11.6 Å². The number of amides is 1. The molecule has 0 saturated heterocycles. The molecule has 1 saturated carbocycles. The number of Topliss-reactive ketones (excluding diaryl/α,β-unsaturated/α-hetero) is 2. The highest BCUT2D eigenvalue weighted by molar-refractivity contribution is 6.30. The van der Waals surface area contributed by atoms with Gasteiger partial charge in [-0.05, 0) is 42.8 Å². The predicted octanol–water partition coefficient (Wildman–Crippen LogP) is 5.43. The van der Waals surface area contributed by atoms with Gasteiger partial charge in [-0.25, -0.2) is 0 Å². The molecular formula is C28H22ClNO3. The number of aryl methyl sites for hydroxylation is 1. The first-order valence-electron chi connectivity index (χ1n) is 10.8. The van der Waals surface area contributed by atoms with Gasteiger partial charge in [-0.2, -0.15) is 0 Å². The number of ketones is 2. The minimum atomic E-state index is -1.21. The minimum absolute atomic E-state index is 0.189. The van der Waals surface area contributed by atoms with Crippen molar-refractivity contribution >= 4 is 34.8 Å². The summed E-state index contributed by atoms with van der Waals surface area (Å²) in [6.07, 6.45) is 1.66. The van der Waals surface area contributed by atoms with Crippen LogP contribution in [0.4, 0.5) is 5.69 Å². The highest BCUT2D eigenvalue weighted by Crippen LogP contribution is 2.67. The second-order valence-corrected chi connectivity index (χ2v) is 9.08. The summed E-state index contributed by atoms with van der Waals surface area (Å²) in [7, 11) is 0. The summed E-state index contributed by atoms with van der Waals surface area (Å²) < 4.78 is 0. The summed E-state index contributed by atoms with van der Waals surface area (Å²) in [5.41, 5.74) is 2.23. The van der Waals surface area contributed by atoms with Gasteiger partial charge in [0.1, 0.15) is 0 Å². The van der Waals surface area contributed by atoms with Crippen molar-refractivity contribution in [2.24, 2.45) is 11.8 Å². The molecule has 33 heavy (non-hydrogen) atoms. The van der Waals surface area contributed by atoms with Gasteiger partial charge in [-0.1, -0.05) is 65.7 Å². The highest BCUT2D eigenvalue weighted by atomic mass is 35.5. The number of nitrogens with zero attached hydrogens (tertiary/aromatic N) is 1. The Hall–Kier alpha value is -3.50. The summed E-state index contributed by atoms with van der Waals surface area (Å²) in [6, 6.07) is 21.3. The molecule has 5 rings (SSSR count). The first kappa shape index (κ1) is 21.4. The van der Waals surface area contributed by atoms with Crippen molar-refractivity contribution in [2.75, 3.05) is 11.4 Å². The van der Waals surface area contributed by atoms with E-state index in [1.807, 2.05) is 43.3 Å². The molecule has 4 nitrogen and oxygen atoms in total. The third-order valence-electron chi connectivity index (χ3n) is 6.79. The molecule has 1 aliphatic carbocycles. The second kappa shape index (κ2) is 7.82. The number of benzene rings is 3. The Kier molecular flexibility index (Phi) is 5.06. The van der Waals surface area contributed by atoms with Crippen LogP contribution in [0.1, 0.15) is 31.8 Å². The average molecular weight is 456 g/mol. The molecular weight excluding hydrogens is 434 g/mol. The number of hydrogen-bond acceptors (Lipinski definition) is 3. The van der Waals surface area contributed by atoms with Crippen LogP contribution in [0.15, 0.2) is 85.5 Å². The molecule has 0 bridgehead atoms. The number of para-hydroxylation sites is 1. The predicted molar refractivity (Wildman–Crippen MR) is 129 cm³/mol. The van der Waals surface area contributed by atoms with Crippen molar-refractivity contribution in [1.29, 1.82) is 0 Å². The number of carbonyl (C=O) groups excluding carboxylic acids is 3. The molecule has 5 heteroatoms. The maximum Gasteiger partial charge on any atom is 0.239 e. The number of carbonyl (C=O) groups is 3. The van der Waals surface area contributed by atoms with Gasteiger partial charge >= 0.3 is 0 Å². The molecule has 1 aliphatic heterocycles. The van der Waals surface area contributed by atoms with Crippen LogP contribution in [0.25, 0.3) is 0 Å². The third kappa shape index (κ3) is 3.09. The van der Waals surface area contributed by atoms with Gasteiger partial charge in [0.15, 0.2) is 11.6 Å². The van der Waals surface area contributed by atoms with E-state index in [1.54, 1.807) is 47.4 Å². The Morgan fingerprint density at radius 2 is 1.48 bits per heavy atom. The van der Waals surface area contributed by atoms with Crippen LogP contribution >= 0.6 is 11.6 Å². The van der Waals surface area contributed by atoms with Crippen molar-refractivity contribution in [3.05, 3.63) is 113 Å². The van der Waals surface area contributed by atoms with Crippen LogP contribution in [0, 0.1) is 18.8 Å². The van der Waals surface area contributed by atoms with Crippen molar-refractivity contribution in [3.63, 3.8) is 0 Å². The lowest BCUT2D eigenvalue weighted by Gasteiger charge is -2.16. The van der Waals surface area contributed by atoms with E-state index in [0.717, 1.165) is 16.8 Å². The van der Waals surface area contributed by atoms with E-state index in [-0.39, 0.29) is 17.5 Å². The summed E-state index contributed by atoms with van der Waals surface area (Å²) in [5, 5.41) is 0.517. The molecule has 3 aromatic rings. The summed E-state index contributed by atoms with van der Waals surface area (Å²) in [6.45, 7) is 6.04. The van der Waals surface area contributed by atoms with E-state index in [0.29, 0.717) is 22.7 Å². The van der Waals surface area contributed by atoms with E-state index < -0.39 is 17.3 Å². The second-order valence-electron chi connectivity index (χ2n) is 8.65. The maximum atomic E-state index is 13.9. The number of hydrogen-bond donors (Lipinski definition) is 0. The summed E-state index contributed by atoms with van der Waals surface area (Å²) in [5.74, 6) is -2.18. The van der Waals surface area contributed by atoms with E-state index in [1.165, 1.54) is 0 Å². The van der Waals surface area contributed by atoms with E-state index >= 15 is 0 Å². The monoisotopic (exact) mass is 455 g/mol. The van der Waals surface area contributed by atoms with Crippen LogP contribution < -0.4 is 4.90 Å². The summed E-state index contributed by atoms with van der Waals surface area (Å²) >= 11 is 6.01. The molecule has 0 N–H and O–H groups in total. The molecule has 3 atom stereocenters. The topological polar surface area (TPSA) is 54.5 Å². The molecule has 2 aliphatic rings. The molecule has 1 amide bonds. The fraction of sp³-hybridized carbons (Fsp3) is 0.179. The highest BCUT2D eigenvalue weighted by Gasteiger charge is 2.79. The molecule has 1 heterocycles. The normalized spacial score (nSPS) is 22.8. The van der Waals surface area contributed by atoms with Gasteiger partial charge in [-0.3, -0.25) is 14.4 Å². The quantitative estimate of drug-likeness (QED) is 0.368. The van der Waals surface area contributed by atoms with E-state index in [2.05, 4.69) is 6.58 Å². The first-order chi connectivity index (χ1) is 15.9. The molecule has 0 aromatic heterocycles. The smallest absolute Gasteiger partial charge is 0.239 e. The van der Waals surface area contributed by atoms with Gasteiger partial charge in [-0.15, -0.1) is 6.58 Å². The number of anilines is 1. The zero-order chi connectivity index (χ0) is 23.3. The number of fused-ring (bicyclic) bond motifs is 2. The van der Waals surface area contributed by atoms with Crippen molar-refractivity contribution in [3.8, 4) is 0 Å². The fourth-order valence-corrected chi connectivity index (χ4v) is 5.34. The van der Waals surface area contributed by atoms with Gasteiger partial charge in [0.05, 0.1) is 17.3 Å². The van der Waals surface area contributed by atoms with Crippen LogP contribution in [0.3, 0.4) is 0 Å². The molecule has 0 unspecified atom stereocenters. The average Bonchev–Trinajstić information content (AvgIpc) is 3.47. The van der Waals surface area contributed by atoms with E-state index in [9.17, 15) is 14.4 Å². The zero-order valence-corrected chi connectivity index (χ0v) is 18.9. The maximum absolute atomic E-state index is 13.9. The fourth-order valence-electron chi connectivity index (χ4n) is 5.21. The van der Waals surface area contributed by atoms with Gasteiger partial charge in [0.25, 0.3) is 0 Å². The van der Waals surface area contributed by atoms with Gasteiger partial charge < -0.3 is 4.90 Å². The SMILES string of the molecule is C=CCN1C(=O)[C@]2(c3ccccc31)[C@@H](C(=O)c1ccc(C)cc1)[C@@H]2C(=O)c1ccc(Cl)cc1. The minimum Gasteiger partial charge on any atom is -0.307 e. The molecule has 1 spiro atoms. The molecule has 3 aromatic carbocycles. The first-order valence-corrected chi connectivity index (χ1v) is 11.2. The third-order valence-corrected chi connectivity index (χ3v) is 7.04.